The van der Waals surface area contributed by atoms with E-state index in [4.69, 9.17) is 5.26 Å². The first kappa shape index (κ1) is 12.6. The minimum Gasteiger partial charge on any atom is -0.365 e. The summed E-state index contributed by atoms with van der Waals surface area (Å²) in [6.45, 7) is 2.68. The van der Waals surface area contributed by atoms with E-state index in [9.17, 15) is 0 Å². The lowest BCUT2D eigenvalue weighted by Crippen LogP contribution is -2.02. The van der Waals surface area contributed by atoms with Crippen molar-refractivity contribution >= 4 is 21.7 Å². The normalized spacial score (nSPS) is 9.83. The van der Waals surface area contributed by atoms with Crippen LogP contribution in [0, 0.1) is 18.3 Å². The van der Waals surface area contributed by atoms with Gasteiger partial charge in [-0.15, -0.1) is 0 Å². The minimum absolute atomic E-state index is 0.674. The van der Waals surface area contributed by atoms with Gasteiger partial charge in [-0.2, -0.15) is 5.26 Å². The predicted molar refractivity (Wildman–Crippen MR) is 75.2 cm³/mol. The van der Waals surface area contributed by atoms with E-state index in [1.54, 1.807) is 0 Å². The maximum atomic E-state index is 8.72. The molecule has 0 spiro atoms. The number of nitrogens with one attached hydrogen (secondary N) is 1. The third-order valence-corrected chi connectivity index (χ3v) is 3.13. The van der Waals surface area contributed by atoms with Gasteiger partial charge in [-0.3, -0.25) is 0 Å². The molecule has 0 fully saturated rings. The minimum atomic E-state index is 0.674. The summed E-state index contributed by atoms with van der Waals surface area (Å²) in [6, 6.07) is 11.6. The van der Waals surface area contributed by atoms with Gasteiger partial charge < -0.3 is 5.32 Å². The van der Waals surface area contributed by atoms with Gasteiger partial charge in [-0.1, -0.05) is 12.1 Å². The zero-order chi connectivity index (χ0) is 13.0. The summed E-state index contributed by atoms with van der Waals surface area (Å²) in [5.41, 5.74) is 2.91. The van der Waals surface area contributed by atoms with Crippen molar-refractivity contribution in [3.05, 3.63) is 57.7 Å². The Balaban J connectivity index is 2.04. The number of nitrogens with zero attached hydrogens (tertiary/aromatic N) is 2. The first-order valence-electron chi connectivity index (χ1n) is 5.54. The van der Waals surface area contributed by atoms with Crippen molar-refractivity contribution in [3.63, 3.8) is 0 Å². The van der Waals surface area contributed by atoms with Gasteiger partial charge in [0.15, 0.2) is 0 Å². The molecule has 0 atom stereocenters. The Bertz CT molecular complexity index is 585. The number of aromatic nitrogens is 1. The standard InChI is InChI=1S/C14H12BrN3/c1-10-6-13(15)14(17-8-10)18-9-12-4-2-11(7-16)3-5-12/h2-6,8H,9H2,1H3,(H,17,18). The zero-order valence-electron chi connectivity index (χ0n) is 9.94. The molecule has 0 aliphatic heterocycles. The monoisotopic (exact) mass is 301 g/mol. The van der Waals surface area contributed by atoms with E-state index >= 15 is 0 Å². The summed E-state index contributed by atoms with van der Waals surface area (Å²) < 4.78 is 0.955. The third kappa shape index (κ3) is 3.08. The number of pyridine rings is 1. The van der Waals surface area contributed by atoms with Crippen LogP contribution in [-0.2, 0) is 6.54 Å². The summed E-state index contributed by atoms with van der Waals surface area (Å²) in [6.07, 6.45) is 1.83. The van der Waals surface area contributed by atoms with Crippen LogP contribution in [-0.4, -0.2) is 4.98 Å². The Morgan fingerprint density at radius 1 is 1.33 bits per heavy atom. The molecule has 18 heavy (non-hydrogen) atoms. The van der Waals surface area contributed by atoms with E-state index in [0.29, 0.717) is 12.1 Å². The number of aryl methyl sites for hydroxylation is 1. The highest BCUT2D eigenvalue weighted by molar-refractivity contribution is 9.10. The number of hydrogen-bond acceptors (Lipinski definition) is 3. The molecule has 0 aliphatic carbocycles. The van der Waals surface area contributed by atoms with E-state index in [0.717, 1.165) is 21.4 Å². The van der Waals surface area contributed by atoms with Crippen LogP contribution in [0.1, 0.15) is 16.7 Å². The smallest absolute Gasteiger partial charge is 0.140 e. The molecular weight excluding hydrogens is 290 g/mol. The summed E-state index contributed by atoms with van der Waals surface area (Å²) in [7, 11) is 0. The third-order valence-electron chi connectivity index (χ3n) is 2.52. The Hall–Kier alpha value is -1.86. The van der Waals surface area contributed by atoms with Crippen molar-refractivity contribution in [3.8, 4) is 6.07 Å². The number of rotatable bonds is 3. The lowest BCUT2D eigenvalue weighted by molar-refractivity contribution is 1.10. The first-order valence-corrected chi connectivity index (χ1v) is 6.33. The molecule has 90 valence electrons. The first-order chi connectivity index (χ1) is 8.69. The van der Waals surface area contributed by atoms with Crippen LogP contribution in [0.3, 0.4) is 0 Å². The summed E-state index contributed by atoms with van der Waals surface area (Å²) in [5, 5.41) is 12.0. The zero-order valence-corrected chi connectivity index (χ0v) is 11.5. The number of hydrogen-bond donors (Lipinski definition) is 1. The van der Waals surface area contributed by atoms with Crippen molar-refractivity contribution in [1.29, 1.82) is 5.26 Å². The highest BCUT2D eigenvalue weighted by atomic mass is 79.9. The predicted octanol–water partition coefficient (Wildman–Crippen LogP) is 3.64. The molecule has 3 nitrogen and oxygen atoms in total. The summed E-state index contributed by atoms with van der Waals surface area (Å²) in [4.78, 5) is 4.32. The average Bonchev–Trinajstić information content (AvgIpc) is 2.38. The molecule has 0 radical (unpaired) electrons. The molecule has 1 N–H and O–H groups in total. The van der Waals surface area contributed by atoms with Crippen molar-refractivity contribution in [2.45, 2.75) is 13.5 Å². The van der Waals surface area contributed by atoms with Gasteiger partial charge in [-0.25, -0.2) is 4.98 Å². The Morgan fingerprint density at radius 3 is 2.67 bits per heavy atom. The van der Waals surface area contributed by atoms with Gasteiger partial charge >= 0.3 is 0 Å². The molecule has 0 saturated carbocycles. The van der Waals surface area contributed by atoms with Crippen molar-refractivity contribution in [2.75, 3.05) is 5.32 Å². The van der Waals surface area contributed by atoms with Crippen LogP contribution in [0.5, 0.6) is 0 Å². The summed E-state index contributed by atoms with van der Waals surface area (Å²) >= 11 is 3.48. The molecule has 0 amide bonds. The van der Waals surface area contributed by atoms with Crippen molar-refractivity contribution in [1.82, 2.24) is 4.98 Å². The van der Waals surface area contributed by atoms with Gasteiger partial charge in [0.05, 0.1) is 16.1 Å². The molecule has 0 saturated heterocycles. The Morgan fingerprint density at radius 2 is 2.06 bits per heavy atom. The molecule has 1 aromatic carbocycles. The second-order valence-corrected chi connectivity index (χ2v) is 4.86. The van der Waals surface area contributed by atoms with Crippen LogP contribution < -0.4 is 5.32 Å². The highest BCUT2D eigenvalue weighted by Crippen LogP contribution is 2.21. The van der Waals surface area contributed by atoms with E-state index < -0.39 is 0 Å². The molecular formula is C14H12BrN3. The molecule has 2 rings (SSSR count). The molecule has 1 heterocycles. The van der Waals surface area contributed by atoms with Crippen LogP contribution in [0.25, 0.3) is 0 Å². The molecule has 0 unspecified atom stereocenters. The maximum absolute atomic E-state index is 8.72. The molecule has 0 bridgehead atoms. The molecule has 2 aromatic rings. The van der Waals surface area contributed by atoms with E-state index in [1.165, 1.54) is 0 Å². The largest absolute Gasteiger partial charge is 0.365 e. The number of benzene rings is 1. The van der Waals surface area contributed by atoms with Gasteiger partial charge in [0.25, 0.3) is 0 Å². The summed E-state index contributed by atoms with van der Waals surface area (Å²) in [5.74, 6) is 0.824. The fraction of sp³-hybridized carbons (Fsp3) is 0.143. The maximum Gasteiger partial charge on any atom is 0.140 e. The molecule has 0 aliphatic rings. The Labute approximate surface area is 115 Å². The number of anilines is 1. The van der Waals surface area contributed by atoms with Crippen LogP contribution >= 0.6 is 15.9 Å². The lowest BCUT2D eigenvalue weighted by Gasteiger charge is -2.08. The van der Waals surface area contributed by atoms with Gasteiger partial charge in [-0.05, 0) is 52.2 Å². The molecule has 1 aromatic heterocycles. The van der Waals surface area contributed by atoms with Crippen molar-refractivity contribution in [2.24, 2.45) is 0 Å². The average molecular weight is 302 g/mol. The highest BCUT2D eigenvalue weighted by Gasteiger charge is 2.01. The van der Waals surface area contributed by atoms with Gasteiger partial charge in [0.2, 0.25) is 0 Å². The van der Waals surface area contributed by atoms with Gasteiger partial charge in [0, 0.05) is 12.7 Å². The van der Waals surface area contributed by atoms with E-state index in [1.807, 2.05) is 43.5 Å². The number of halogens is 1. The quantitative estimate of drug-likeness (QED) is 0.941. The van der Waals surface area contributed by atoms with Crippen LogP contribution in [0.2, 0.25) is 0 Å². The van der Waals surface area contributed by atoms with Gasteiger partial charge in [0.1, 0.15) is 5.82 Å². The van der Waals surface area contributed by atoms with Crippen LogP contribution in [0.4, 0.5) is 5.82 Å². The Kier molecular flexibility index (Phi) is 3.96. The second-order valence-electron chi connectivity index (χ2n) is 4.01. The fourth-order valence-corrected chi connectivity index (χ4v) is 2.15. The van der Waals surface area contributed by atoms with Crippen molar-refractivity contribution < 1.29 is 0 Å². The van der Waals surface area contributed by atoms with E-state index in [2.05, 4.69) is 32.3 Å². The van der Waals surface area contributed by atoms with Crippen LogP contribution in [0.15, 0.2) is 41.0 Å². The lowest BCUT2D eigenvalue weighted by atomic mass is 10.1. The fourth-order valence-electron chi connectivity index (χ4n) is 1.55. The van der Waals surface area contributed by atoms with E-state index in [-0.39, 0.29) is 0 Å². The molecule has 4 heteroatoms. The topological polar surface area (TPSA) is 48.7 Å². The second kappa shape index (κ2) is 5.65. The number of nitriles is 1. The SMILES string of the molecule is Cc1cnc(NCc2ccc(C#N)cc2)c(Br)c1.